The lowest BCUT2D eigenvalue weighted by Crippen LogP contribution is -2.34. The largest absolute Gasteiger partial charge is 0.395 e. The topological polar surface area (TPSA) is 40.5 Å². The van der Waals surface area contributed by atoms with E-state index in [-0.39, 0.29) is 6.61 Å². The molecule has 0 aliphatic rings. The van der Waals surface area contributed by atoms with Gasteiger partial charge in [-0.2, -0.15) is 0 Å². The van der Waals surface area contributed by atoms with Crippen molar-refractivity contribution in [2.45, 2.75) is 46.1 Å². The van der Waals surface area contributed by atoms with Gasteiger partial charge in [-0.15, -0.1) is 0 Å². The number of carbonyl (C=O) groups excluding carboxylic acids is 1. The summed E-state index contributed by atoms with van der Waals surface area (Å²) in [6.07, 6.45) is 2.22. The lowest BCUT2D eigenvalue weighted by molar-refractivity contribution is -0.118. The predicted octanol–water partition coefficient (Wildman–Crippen LogP) is 1.45. The van der Waals surface area contributed by atoms with Gasteiger partial charge in [0.2, 0.25) is 0 Å². The van der Waals surface area contributed by atoms with E-state index in [1.54, 1.807) is 0 Å². The molecule has 0 bridgehead atoms. The molecule has 0 heterocycles. The Morgan fingerprint density at radius 2 is 2.00 bits per heavy atom. The highest BCUT2D eigenvalue weighted by Gasteiger charge is 2.08. The van der Waals surface area contributed by atoms with Crippen LogP contribution in [-0.2, 0) is 4.79 Å². The van der Waals surface area contributed by atoms with Crippen molar-refractivity contribution >= 4 is 5.78 Å². The fraction of sp³-hybridized carbons (Fsp3) is 0.909. The van der Waals surface area contributed by atoms with E-state index in [1.807, 2.05) is 6.92 Å². The Morgan fingerprint density at radius 3 is 2.43 bits per heavy atom. The third kappa shape index (κ3) is 6.11. The van der Waals surface area contributed by atoms with E-state index in [0.29, 0.717) is 31.2 Å². The quantitative estimate of drug-likeness (QED) is 0.646. The van der Waals surface area contributed by atoms with E-state index < -0.39 is 0 Å². The molecule has 1 N–H and O–H groups in total. The molecule has 0 radical (unpaired) electrons. The Balaban J connectivity index is 3.65. The van der Waals surface area contributed by atoms with E-state index in [4.69, 9.17) is 5.11 Å². The number of hydrogen-bond donors (Lipinski definition) is 1. The highest BCUT2D eigenvalue weighted by Crippen LogP contribution is 2.02. The van der Waals surface area contributed by atoms with Gasteiger partial charge in [-0.3, -0.25) is 9.69 Å². The maximum absolute atomic E-state index is 11.1. The van der Waals surface area contributed by atoms with E-state index in [0.717, 1.165) is 13.0 Å². The fourth-order valence-corrected chi connectivity index (χ4v) is 1.41. The Labute approximate surface area is 87.1 Å². The van der Waals surface area contributed by atoms with Crippen LogP contribution in [0.25, 0.3) is 0 Å². The van der Waals surface area contributed by atoms with Gasteiger partial charge in [0.15, 0.2) is 0 Å². The molecule has 0 rings (SSSR count). The highest BCUT2D eigenvalue weighted by atomic mass is 16.3. The van der Waals surface area contributed by atoms with Crippen LogP contribution in [0.4, 0.5) is 0 Å². The van der Waals surface area contributed by atoms with Crippen molar-refractivity contribution in [3.63, 3.8) is 0 Å². The number of ketones is 1. The molecule has 0 aromatic rings. The normalized spacial score (nSPS) is 11.3. The summed E-state index contributed by atoms with van der Waals surface area (Å²) in [5, 5.41) is 8.83. The van der Waals surface area contributed by atoms with Crippen LogP contribution in [0.2, 0.25) is 0 Å². The van der Waals surface area contributed by atoms with Crippen molar-refractivity contribution in [3.05, 3.63) is 0 Å². The van der Waals surface area contributed by atoms with Gasteiger partial charge in [0.25, 0.3) is 0 Å². The van der Waals surface area contributed by atoms with Gasteiger partial charge in [0.1, 0.15) is 5.78 Å². The second kappa shape index (κ2) is 7.94. The number of aliphatic hydroxyl groups is 1. The zero-order valence-electron chi connectivity index (χ0n) is 9.62. The molecule has 0 spiro atoms. The molecule has 0 aromatic carbocycles. The van der Waals surface area contributed by atoms with Crippen LogP contribution in [-0.4, -0.2) is 41.5 Å². The molecule has 0 saturated carbocycles. The first-order valence-corrected chi connectivity index (χ1v) is 5.48. The van der Waals surface area contributed by atoms with Crippen LogP contribution in [0.1, 0.15) is 40.0 Å². The molecule has 3 nitrogen and oxygen atoms in total. The molecule has 0 unspecified atom stereocenters. The average Bonchev–Trinajstić information content (AvgIpc) is 2.16. The summed E-state index contributed by atoms with van der Waals surface area (Å²) >= 11 is 0. The third-order valence-electron chi connectivity index (χ3n) is 2.41. The van der Waals surface area contributed by atoms with Crippen LogP contribution in [0.5, 0.6) is 0 Å². The molecule has 0 amide bonds. The van der Waals surface area contributed by atoms with Crippen LogP contribution >= 0.6 is 0 Å². The molecule has 3 heteroatoms. The molecule has 0 aliphatic carbocycles. The van der Waals surface area contributed by atoms with Crippen molar-refractivity contribution in [2.24, 2.45) is 0 Å². The highest BCUT2D eigenvalue weighted by molar-refractivity contribution is 5.77. The van der Waals surface area contributed by atoms with Gasteiger partial charge in [0.05, 0.1) is 6.61 Å². The summed E-state index contributed by atoms with van der Waals surface area (Å²) < 4.78 is 0. The van der Waals surface area contributed by atoms with Crippen LogP contribution in [0, 0.1) is 0 Å². The van der Waals surface area contributed by atoms with Gasteiger partial charge >= 0.3 is 0 Å². The zero-order chi connectivity index (χ0) is 11.0. The molecular weight excluding hydrogens is 178 g/mol. The standard InChI is InChI=1S/C11H23NO2/c1-4-11(14)6-5-7-12(8-9-13)10(2)3/h10,13H,4-9H2,1-3H3. The number of carbonyl (C=O) groups is 1. The first kappa shape index (κ1) is 13.6. The Bertz CT molecular complexity index is 157. The predicted molar refractivity (Wildman–Crippen MR) is 58.3 cm³/mol. The summed E-state index contributed by atoms with van der Waals surface area (Å²) in [6, 6.07) is 0.443. The van der Waals surface area contributed by atoms with Gasteiger partial charge in [0, 0.05) is 25.4 Å². The smallest absolute Gasteiger partial charge is 0.132 e. The van der Waals surface area contributed by atoms with E-state index in [1.165, 1.54) is 0 Å². The summed E-state index contributed by atoms with van der Waals surface area (Å²) in [7, 11) is 0. The molecule has 84 valence electrons. The van der Waals surface area contributed by atoms with Gasteiger partial charge in [-0.05, 0) is 26.8 Å². The van der Waals surface area contributed by atoms with E-state index in [9.17, 15) is 4.79 Å². The molecule has 14 heavy (non-hydrogen) atoms. The minimum absolute atomic E-state index is 0.194. The van der Waals surface area contributed by atoms with Crippen LogP contribution in [0.3, 0.4) is 0 Å². The lowest BCUT2D eigenvalue weighted by Gasteiger charge is -2.25. The maximum Gasteiger partial charge on any atom is 0.132 e. The summed E-state index contributed by atoms with van der Waals surface area (Å²) in [4.78, 5) is 13.3. The fourth-order valence-electron chi connectivity index (χ4n) is 1.41. The average molecular weight is 201 g/mol. The first-order chi connectivity index (χ1) is 6.61. The van der Waals surface area contributed by atoms with Crippen molar-refractivity contribution in [2.75, 3.05) is 19.7 Å². The maximum atomic E-state index is 11.1. The van der Waals surface area contributed by atoms with Crippen molar-refractivity contribution < 1.29 is 9.90 Å². The summed E-state index contributed by atoms with van der Waals surface area (Å²) in [5.74, 6) is 0.331. The molecule has 0 aliphatic heterocycles. The van der Waals surface area contributed by atoms with Crippen LogP contribution < -0.4 is 0 Å². The molecule has 0 saturated heterocycles. The van der Waals surface area contributed by atoms with Gasteiger partial charge in [-0.25, -0.2) is 0 Å². The molecular formula is C11H23NO2. The Hall–Kier alpha value is -0.410. The number of aliphatic hydroxyl groups excluding tert-OH is 1. The lowest BCUT2D eigenvalue weighted by atomic mass is 10.1. The summed E-state index contributed by atoms with van der Waals surface area (Å²) in [6.45, 7) is 7.92. The minimum atomic E-state index is 0.194. The monoisotopic (exact) mass is 201 g/mol. The van der Waals surface area contributed by atoms with Crippen molar-refractivity contribution in [3.8, 4) is 0 Å². The Morgan fingerprint density at radius 1 is 1.36 bits per heavy atom. The number of rotatable bonds is 8. The molecule has 0 aromatic heterocycles. The number of nitrogens with zero attached hydrogens (tertiary/aromatic N) is 1. The van der Waals surface area contributed by atoms with Crippen LogP contribution in [0.15, 0.2) is 0 Å². The molecule has 0 fully saturated rings. The number of hydrogen-bond acceptors (Lipinski definition) is 3. The Kier molecular flexibility index (Phi) is 7.71. The second-order valence-electron chi connectivity index (χ2n) is 3.85. The van der Waals surface area contributed by atoms with E-state index >= 15 is 0 Å². The second-order valence-corrected chi connectivity index (χ2v) is 3.85. The third-order valence-corrected chi connectivity index (χ3v) is 2.41. The minimum Gasteiger partial charge on any atom is -0.395 e. The van der Waals surface area contributed by atoms with Gasteiger partial charge in [-0.1, -0.05) is 6.92 Å². The zero-order valence-corrected chi connectivity index (χ0v) is 9.62. The number of Topliss-reactive ketones (excluding diaryl/α,β-unsaturated/α-hetero) is 1. The summed E-state index contributed by atoms with van der Waals surface area (Å²) in [5.41, 5.74) is 0. The SMILES string of the molecule is CCC(=O)CCCN(CCO)C(C)C. The van der Waals surface area contributed by atoms with Gasteiger partial charge < -0.3 is 5.11 Å². The molecule has 0 atom stereocenters. The first-order valence-electron chi connectivity index (χ1n) is 5.48. The van der Waals surface area contributed by atoms with E-state index in [2.05, 4.69) is 18.7 Å². The van der Waals surface area contributed by atoms with Crippen molar-refractivity contribution in [1.29, 1.82) is 0 Å². The van der Waals surface area contributed by atoms with Crippen molar-refractivity contribution in [1.82, 2.24) is 4.90 Å².